The fourth-order valence-corrected chi connectivity index (χ4v) is 5.67. The first-order valence-corrected chi connectivity index (χ1v) is 21.7. The molecule has 340 valence electrons. The summed E-state index contributed by atoms with van der Waals surface area (Å²) in [5.74, 6) is 2.43. The number of halogens is 3. The van der Waals surface area contributed by atoms with Crippen molar-refractivity contribution in [3.05, 3.63) is 255 Å². The van der Waals surface area contributed by atoms with Gasteiger partial charge in [0.25, 0.3) is 0 Å². The van der Waals surface area contributed by atoms with E-state index < -0.39 is 14.2 Å². The lowest BCUT2D eigenvalue weighted by atomic mass is 9.80. The van der Waals surface area contributed by atoms with Crippen LogP contribution in [0.15, 0.2) is 203 Å². The van der Waals surface area contributed by atoms with Crippen LogP contribution in [0.5, 0.6) is 28.7 Å². The first kappa shape index (κ1) is 53.4. The van der Waals surface area contributed by atoms with Gasteiger partial charge in [-0.25, -0.2) is 23.8 Å². The van der Waals surface area contributed by atoms with Gasteiger partial charge in [0.1, 0.15) is 34.6 Å². The summed E-state index contributed by atoms with van der Waals surface area (Å²) in [5.41, 5.74) is 5.06. The van der Waals surface area contributed by atoms with Gasteiger partial charge < -0.3 is 40.0 Å². The normalized spacial score (nSPS) is 9.38. The van der Waals surface area contributed by atoms with Gasteiger partial charge in [-0.1, -0.05) is 105 Å². The third kappa shape index (κ3) is 20.0. The topological polar surface area (TPSA) is 149 Å². The second-order valence-electron chi connectivity index (χ2n) is 13.7. The molecule has 0 atom stereocenters. The van der Waals surface area contributed by atoms with Crippen molar-refractivity contribution in [3.63, 3.8) is 0 Å². The van der Waals surface area contributed by atoms with Gasteiger partial charge in [0.15, 0.2) is 22.7 Å². The molecule has 0 amide bonds. The number of rotatable bonds is 8. The number of nitrogens with zero attached hydrogens (tertiary/aromatic N) is 4. The second kappa shape index (κ2) is 28.7. The molecule has 0 unspecified atom stereocenters. The molecule has 0 saturated carbocycles. The zero-order valence-electron chi connectivity index (χ0n) is 36.1. The number of benzene rings is 8. The molecular formula is C52H38B2Br2FN5O7. The van der Waals surface area contributed by atoms with E-state index in [9.17, 15) is 4.39 Å². The first-order chi connectivity index (χ1) is 33.3. The Morgan fingerprint density at radius 1 is 0.391 bits per heavy atom. The number of anilines is 2. The summed E-state index contributed by atoms with van der Waals surface area (Å²) in [4.78, 5) is 13.0. The Balaban J connectivity index is 0.000000194. The lowest BCUT2D eigenvalue weighted by Gasteiger charge is -2.06. The van der Waals surface area contributed by atoms with Gasteiger partial charge in [0, 0.05) is 20.3 Å². The molecular weight excluding hydrogens is 1010 g/mol. The number of hydrogen-bond donors (Lipinski definition) is 6. The molecule has 0 aliphatic heterocycles. The Hall–Kier alpha value is -8.22. The van der Waals surface area contributed by atoms with Crippen molar-refractivity contribution in [2.45, 2.75) is 0 Å². The van der Waals surface area contributed by atoms with Crippen molar-refractivity contribution in [1.82, 2.24) is 0 Å². The number of hydrogen-bond acceptors (Lipinski definition) is 8. The van der Waals surface area contributed by atoms with E-state index in [4.69, 9.17) is 61.0 Å². The molecule has 0 bridgehead atoms. The van der Waals surface area contributed by atoms with Gasteiger partial charge in [-0.3, -0.25) is 0 Å². The summed E-state index contributed by atoms with van der Waals surface area (Å²) in [7, 11) is -2.95. The van der Waals surface area contributed by atoms with E-state index in [-0.39, 0.29) is 5.82 Å². The van der Waals surface area contributed by atoms with Crippen molar-refractivity contribution < 1.29 is 39.1 Å². The van der Waals surface area contributed by atoms with Crippen LogP contribution in [0.1, 0.15) is 0 Å². The van der Waals surface area contributed by atoms with E-state index in [1.165, 1.54) is 24.3 Å². The molecule has 0 spiro atoms. The molecule has 0 aliphatic carbocycles. The van der Waals surface area contributed by atoms with E-state index in [0.717, 1.165) is 20.3 Å². The van der Waals surface area contributed by atoms with E-state index in [1.807, 2.05) is 36.4 Å². The van der Waals surface area contributed by atoms with Crippen LogP contribution in [0.25, 0.3) is 19.4 Å². The Kier molecular flexibility index (Phi) is 22.2. The largest absolute Gasteiger partial charge is 0.508 e. The average molecular weight is 1050 g/mol. The fraction of sp³-hybridized carbons (Fsp3) is 0. The summed E-state index contributed by atoms with van der Waals surface area (Å²) < 4.78 is 25.3. The van der Waals surface area contributed by atoms with Crippen molar-refractivity contribution in [3.8, 4) is 28.7 Å². The van der Waals surface area contributed by atoms with Crippen LogP contribution in [0.4, 0.5) is 38.5 Å². The minimum atomic E-state index is -1.48. The molecule has 0 aromatic heterocycles. The third-order valence-corrected chi connectivity index (χ3v) is 9.73. The highest BCUT2D eigenvalue weighted by Crippen LogP contribution is 2.26. The van der Waals surface area contributed by atoms with E-state index >= 15 is 0 Å². The van der Waals surface area contributed by atoms with E-state index in [0.29, 0.717) is 62.4 Å². The molecule has 8 rings (SSSR count). The summed E-state index contributed by atoms with van der Waals surface area (Å²) in [6.45, 7) is 27.0. The molecule has 0 heterocycles. The summed E-state index contributed by atoms with van der Waals surface area (Å²) in [5, 5.41) is 47.8. The maximum atomic E-state index is 12.1. The van der Waals surface area contributed by atoms with Crippen LogP contribution in [-0.4, -0.2) is 39.4 Å². The Labute approximate surface area is 416 Å². The molecule has 0 fully saturated rings. The van der Waals surface area contributed by atoms with Crippen LogP contribution in [-0.2, 0) is 0 Å². The SMILES string of the molecule is Oc1ccc(Br)cc1.[C-]#[N+]c1ccc(F)cc1.[C-]#[N+]c1ccc(Nc2ccc(Br)cc2)cc1.[C-]#[N+]c1ccc(Oc2ccc(B(O)O)cc2)cc1.[C-]#[N+]c1ccc(Oc2ccc(B(O)O)cc2)cc1. The monoisotopic (exact) mass is 1040 g/mol. The standard InChI is InChI=1S/2C13H10BNO3.C13H9BrN2.C7H4FN.C6H5BrO/c2*1-15-11-4-8-13(9-5-11)18-12-6-2-10(3-7-12)14(16)17;1-15-11-6-8-13(9-7-11)16-12-4-2-10(14)3-5-12;1-9-7-4-2-6(8)3-5-7;7-5-1-3-6(8)4-2-5/h2*2-9,16-17H;2-9,16H;2-5H;1-4,8H. The Morgan fingerprint density at radius 3 is 0.942 bits per heavy atom. The molecule has 8 aromatic rings. The van der Waals surface area contributed by atoms with Crippen molar-refractivity contribution in [2.24, 2.45) is 0 Å². The molecule has 17 heteroatoms. The lowest BCUT2D eigenvalue weighted by molar-refractivity contribution is 0.424. The highest BCUT2D eigenvalue weighted by molar-refractivity contribution is 9.10. The van der Waals surface area contributed by atoms with Crippen molar-refractivity contribution in [1.29, 1.82) is 0 Å². The van der Waals surface area contributed by atoms with Crippen molar-refractivity contribution in [2.75, 3.05) is 5.32 Å². The van der Waals surface area contributed by atoms with Crippen LogP contribution < -0.4 is 25.7 Å². The summed E-state index contributed by atoms with van der Waals surface area (Å²) in [6.07, 6.45) is 0. The number of phenolic OH excluding ortho intramolecular Hbond substituents is 1. The van der Waals surface area contributed by atoms with Gasteiger partial charge in [-0.15, -0.1) is 0 Å². The fourth-order valence-electron chi connectivity index (χ4n) is 5.14. The van der Waals surface area contributed by atoms with E-state index in [1.54, 1.807) is 133 Å². The van der Waals surface area contributed by atoms with Crippen LogP contribution >= 0.6 is 31.9 Å². The Bertz CT molecular complexity index is 2840. The second-order valence-corrected chi connectivity index (χ2v) is 15.5. The third-order valence-electron chi connectivity index (χ3n) is 8.67. The van der Waals surface area contributed by atoms with Gasteiger partial charge in [0.05, 0.1) is 26.3 Å². The molecule has 6 N–H and O–H groups in total. The van der Waals surface area contributed by atoms with Gasteiger partial charge in [-0.2, -0.15) is 0 Å². The van der Waals surface area contributed by atoms with Crippen LogP contribution in [0.3, 0.4) is 0 Å². The number of ether oxygens (including phenoxy) is 2. The van der Waals surface area contributed by atoms with Gasteiger partial charge in [0.2, 0.25) is 0 Å². The molecule has 0 radical (unpaired) electrons. The molecule has 8 aromatic carbocycles. The molecule has 12 nitrogen and oxygen atoms in total. The smallest absolute Gasteiger partial charge is 0.488 e. The average Bonchev–Trinajstić information content (AvgIpc) is 3.37. The van der Waals surface area contributed by atoms with E-state index in [2.05, 4.69) is 56.6 Å². The quantitative estimate of drug-likeness (QED) is 0.0651. The first-order valence-electron chi connectivity index (χ1n) is 20.1. The number of aromatic hydroxyl groups is 1. The summed E-state index contributed by atoms with van der Waals surface area (Å²) in [6, 6.07) is 54.1. The highest BCUT2D eigenvalue weighted by Gasteiger charge is 2.11. The lowest BCUT2D eigenvalue weighted by Crippen LogP contribution is -2.29. The highest BCUT2D eigenvalue weighted by atomic mass is 79.9. The maximum absolute atomic E-state index is 12.1. The predicted octanol–water partition coefficient (Wildman–Crippen LogP) is 12.7. The maximum Gasteiger partial charge on any atom is 0.488 e. The molecule has 69 heavy (non-hydrogen) atoms. The Morgan fingerprint density at radius 2 is 0.652 bits per heavy atom. The minimum absolute atomic E-state index is 0.299. The zero-order valence-corrected chi connectivity index (χ0v) is 39.3. The van der Waals surface area contributed by atoms with Gasteiger partial charge >= 0.3 is 14.2 Å². The zero-order chi connectivity index (χ0) is 50.0. The van der Waals surface area contributed by atoms with Crippen molar-refractivity contribution >= 4 is 91.1 Å². The molecule has 0 saturated heterocycles. The molecule has 0 aliphatic rings. The van der Waals surface area contributed by atoms with Crippen LogP contribution in [0, 0.1) is 32.1 Å². The number of phenols is 1. The van der Waals surface area contributed by atoms with Gasteiger partial charge in [-0.05, 0) is 132 Å². The summed E-state index contributed by atoms with van der Waals surface area (Å²) >= 11 is 6.62. The minimum Gasteiger partial charge on any atom is -0.508 e. The number of nitrogens with one attached hydrogen (secondary N) is 1. The van der Waals surface area contributed by atoms with Crippen LogP contribution in [0.2, 0.25) is 0 Å². The predicted molar refractivity (Wildman–Crippen MR) is 277 cm³/mol.